The van der Waals surface area contributed by atoms with E-state index in [4.69, 9.17) is 0 Å². The maximum atomic E-state index is 3.91. The Bertz CT molecular complexity index is 717. The highest BCUT2D eigenvalue weighted by Gasteiger charge is 2.21. The number of fused-ring (bicyclic) bond motifs is 2. The van der Waals surface area contributed by atoms with Crippen LogP contribution in [-0.4, -0.2) is 0 Å². The van der Waals surface area contributed by atoms with Gasteiger partial charge in [-0.1, -0.05) is 34.1 Å². The first-order chi connectivity index (χ1) is 9.33. The van der Waals surface area contributed by atoms with Gasteiger partial charge in [0.05, 0.1) is 4.83 Å². The van der Waals surface area contributed by atoms with Crippen molar-refractivity contribution in [3.63, 3.8) is 0 Å². The Balaban J connectivity index is 1.78. The molecule has 0 aliphatic heterocycles. The highest BCUT2D eigenvalue weighted by atomic mass is 79.9. The molecule has 1 unspecified atom stereocenters. The Morgan fingerprint density at radius 3 is 2.95 bits per heavy atom. The van der Waals surface area contributed by atoms with E-state index in [-0.39, 0.29) is 0 Å². The number of hydrogen-bond acceptors (Lipinski definition) is 2. The molecule has 19 heavy (non-hydrogen) atoms. The summed E-state index contributed by atoms with van der Waals surface area (Å²) in [6.07, 6.45) is 3.90. The van der Waals surface area contributed by atoms with Crippen LogP contribution in [0.5, 0.6) is 0 Å². The fourth-order valence-electron chi connectivity index (χ4n) is 2.82. The van der Waals surface area contributed by atoms with E-state index in [1.807, 2.05) is 22.7 Å². The van der Waals surface area contributed by atoms with Crippen molar-refractivity contribution in [2.45, 2.75) is 24.1 Å². The van der Waals surface area contributed by atoms with Crippen LogP contribution in [0.2, 0.25) is 0 Å². The minimum absolute atomic E-state index is 0.347. The topological polar surface area (TPSA) is 0 Å². The minimum atomic E-state index is 0.347. The van der Waals surface area contributed by atoms with Gasteiger partial charge in [0.15, 0.2) is 0 Å². The molecule has 0 bridgehead atoms. The monoisotopic (exact) mass is 348 g/mol. The normalized spacial score (nSPS) is 15.8. The highest BCUT2D eigenvalue weighted by Crippen LogP contribution is 2.43. The summed E-state index contributed by atoms with van der Waals surface area (Å²) >= 11 is 7.75. The molecule has 0 saturated carbocycles. The second-order valence-electron chi connectivity index (χ2n) is 5.00. The van der Waals surface area contributed by atoms with Gasteiger partial charge in [-0.05, 0) is 53.3 Å². The van der Waals surface area contributed by atoms with E-state index in [1.54, 1.807) is 10.4 Å². The second kappa shape index (κ2) is 4.72. The number of halogens is 1. The first-order valence-electron chi connectivity index (χ1n) is 6.54. The van der Waals surface area contributed by atoms with Crippen LogP contribution in [0.15, 0.2) is 35.7 Å². The van der Waals surface area contributed by atoms with Gasteiger partial charge in [0.2, 0.25) is 0 Å². The van der Waals surface area contributed by atoms with Crippen LogP contribution in [0.25, 0.3) is 10.1 Å². The molecule has 0 spiro atoms. The van der Waals surface area contributed by atoms with Crippen LogP contribution in [-0.2, 0) is 12.8 Å². The van der Waals surface area contributed by atoms with Crippen molar-refractivity contribution in [2.75, 3.05) is 0 Å². The number of thiophene rings is 2. The predicted octanol–water partition coefficient (Wildman–Crippen LogP) is 5.94. The molecule has 1 aliphatic carbocycles. The summed E-state index contributed by atoms with van der Waals surface area (Å²) < 4.78 is 1.38. The summed E-state index contributed by atoms with van der Waals surface area (Å²) in [5.41, 5.74) is 3.00. The number of alkyl halides is 1. The first-order valence-corrected chi connectivity index (χ1v) is 9.16. The minimum Gasteiger partial charge on any atom is -0.144 e. The zero-order valence-electron chi connectivity index (χ0n) is 10.4. The van der Waals surface area contributed by atoms with Crippen LogP contribution in [0, 0.1) is 0 Å². The van der Waals surface area contributed by atoms with Crippen molar-refractivity contribution in [3.8, 4) is 0 Å². The van der Waals surface area contributed by atoms with Crippen LogP contribution in [0.3, 0.4) is 0 Å². The van der Waals surface area contributed by atoms with Crippen molar-refractivity contribution in [3.05, 3.63) is 56.6 Å². The predicted molar refractivity (Wildman–Crippen MR) is 88.9 cm³/mol. The summed E-state index contributed by atoms with van der Waals surface area (Å²) in [7, 11) is 0. The van der Waals surface area contributed by atoms with Crippen LogP contribution >= 0.6 is 38.6 Å². The highest BCUT2D eigenvalue weighted by molar-refractivity contribution is 9.09. The Labute approximate surface area is 129 Å². The average molecular weight is 349 g/mol. The van der Waals surface area contributed by atoms with Crippen molar-refractivity contribution in [1.82, 2.24) is 0 Å². The molecule has 3 heteroatoms. The molecular formula is C16H13BrS2. The molecule has 3 aromatic rings. The lowest BCUT2D eigenvalue weighted by molar-refractivity contribution is 0.913. The molecule has 1 atom stereocenters. The van der Waals surface area contributed by atoms with Crippen LogP contribution in [0.4, 0.5) is 0 Å². The quantitative estimate of drug-likeness (QED) is 0.503. The first kappa shape index (κ1) is 12.1. The summed E-state index contributed by atoms with van der Waals surface area (Å²) in [4.78, 5) is 3.42. The maximum Gasteiger partial charge on any atom is 0.0752 e. The van der Waals surface area contributed by atoms with E-state index >= 15 is 0 Å². The van der Waals surface area contributed by atoms with E-state index in [1.165, 1.54) is 39.8 Å². The summed E-state index contributed by atoms with van der Waals surface area (Å²) in [5, 5.41) is 3.69. The lowest BCUT2D eigenvalue weighted by Gasteiger charge is -2.06. The smallest absolute Gasteiger partial charge is 0.0752 e. The molecule has 2 aromatic heterocycles. The SMILES string of the molecule is BrC(c1cc2c(s1)CCC2)c1csc2ccccc12. The van der Waals surface area contributed by atoms with Gasteiger partial charge < -0.3 is 0 Å². The molecule has 0 saturated heterocycles. The van der Waals surface area contributed by atoms with Gasteiger partial charge in [-0.2, -0.15) is 0 Å². The molecule has 0 amide bonds. The molecule has 2 heterocycles. The van der Waals surface area contributed by atoms with Crippen molar-refractivity contribution in [2.24, 2.45) is 0 Å². The molecule has 1 aliphatic rings. The standard InChI is InChI=1S/C16H13BrS2/c17-16(15-8-10-4-3-7-13(10)19-15)12-9-18-14-6-2-1-5-11(12)14/h1-2,5-6,8-9,16H,3-4,7H2. The van der Waals surface area contributed by atoms with Gasteiger partial charge in [0.1, 0.15) is 0 Å². The number of benzene rings is 1. The Morgan fingerprint density at radius 2 is 2.05 bits per heavy atom. The Hall–Kier alpha value is -0.640. The molecule has 0 radical (unpaired) electrons. The van der Waals surface area contributed by atoms with Crippen molar-refractivity contribution in [1.29, 1.82) is 0 Å². The zero-order valence-corrected chi connectivity index (χ0v) is 13.6. The lowest BCUT2D eigenvalue weighted by Crippen LogP contribution is -1.87. The average Bonchev–Trinajstić information content (AvgIpc) is 3.11. The maximum absolute atomic E-state index is 3.91. The van der Waals surface area contributed by atoms with E-state index in [2.05, 4.69) is 51.6 Å². The molecular weight excluding hydrogens is 336 g/mol. The fraction of sp³-hybridized carbons (Fsp3) is 0.250. The molecule has 0 N–H and O–H groups in total. The third-order valence-corrected chi connectivity index (χ3v) is 7.37. The molecule has 4 rings (SSSR count). The van der Waals surface area contributed by atoms with Crippen molar-refractivity contribution >= 4 is 48.7 Å². The summed E-state index contributed by atoms with van der Waals surface area (Å²) in [6.45, 7) is 0. The lowest BCUT2D eigenvalue weighted by atomic mass is 10.1. The van der Waals surface area contributed by atoms with Crippen molar-refractivity contribution < 1.29 is 0 Å². The third kappa shape index (κ3) is 1.99. The van der Waals surface area contributed by atoms with Crippen LogP contribution < -0.4 is 0 Å². The number of rotatable bonds is 2. The molecule has 0 nitrogen and oxygen atoms in total. The van der Waals surface area contributed by atoms with E-state index in [0.717, 1.165) is 0 Å². The van der Waals surface area contributed by atoms with Gasteiger partial charge in [-0.25, -0.2) is 0 Å². The van der Waals surface area contributed by atoms with Gasteiger partial charge >= 0.3 is 0 Å². The molecule has 1 aromatic carbocycles. The summed E-state index contributed by atoms with van der Waals surface area (Å²) in [6, 6.07) is 11.1. The van der Waals surface area contributed by atoms with E-state index < -0.39 is 0 Å². The Kier molecular flexibility index (Phi) is 3.02. The van der Waals surface area contributed by atoms with Gasteiger partial charge in [-0.15, -0.1) is 22.7 Å². The van der Waals surface area contributed by atoms with Gasteiger partial charge in [0, 0.05) is 14.5 Å². The zero-order chi connectivity index (χ0) is 12.8. The third-order valence-electron chi connectivity index (χ3n) is 3.80. The summed E-state index contributed by atoms with van der Waals surface area (Å²) in [5.74, 6) is 0. The largest absolute Gasteiger partial charge is 0.144 e. The Morgan fingerprint density at radius 1 is 1.16 bits per heavy atom. The van der Waals surface area contributed by atoms with Gasteiger partial charge in [0.25, 0.3) is 0 Å². The number of aryl methyl sites for hydroxylation is 2. The van der Waals surface area contributed by atoms with Crippen LogP contribution in [0.1, 0.15) is 32.1 Å². The molecule has 0 fully saturated rings. The van der Waals surface area contributed by atoms with E-state index in [9.17, 15) is 0 Å². The second-order valence-corrected chi connectivity index (χ2v) is 8.00. The number of hydrogen-bond donors (Lipinski definition) is 0. The fourth-order valence-corrected chi connectivity index (χ4v) is 6.03. The molecule has 96 valence electrons. The van der Waals surface area contributed by atoms with E-state index in [0.29, 0.717) is 4.83 Å². The van der Waals surface area contributed by atoms with Gasteiger partial charge in [-0.3, -0.25) is 0 Å².